The van der Waals surface area contributed by atoms with Gasteiger partial charge in [0.05, 0.1) is 24.1 Å². The lowest BCUT2D eigenvalue weighted by Crippen LogP contribution is -2.33. The second-order valence-electron chi connectivity index (χ2n) is 6.99. The number of hydrogen-bond acceptors (Lipinski definition) is 5. The van der Waals surface area contributed by atoms with Crippen LogP contribution in [-0.2, 0) is 9.59 Å². The Bertz CT molecular complexity index is 1170. The Morgan fingerprint density at radius 1 is 0.879 bits per heavy atom. The molecule has 3 N–H and O–H groups in total. The van der Waals surface area contributed by atoms with Gasteiger partial charge in [0.15, 0.2) is 0 Å². The van der Waals surface area contributed by atoms with Crippen molar-refractivity contribution in [2.24, 2.45) is 5.10 Å². The van der Waals surface area contributed by atoms with Gasteiger partial charge in [-0.3, -0.25) is 14.4 Å². The van der Waals surface area contributed by atoms with Crippen LogP contribution in [0, 0.1) is 6.92 Å². The van der Waals surface area contributed by atoms with Crippen molar-refractivity contribution in [1.82, 2.24) is 5.43 Å². The van der Waals surface area contributed by atoms with E-state index in [-0.39, 0.29) is 11.3 Å². The number of ether oxygens (including phenoxy) is 1. The number of carbonyl (C=O) groups is 3. The molecule has 0 saturated heterocycles. The predicted molar refractivity (Wildman–Crippen MR) is 128 cm³/mol. The Balaban J connectivity index is 1.64. The second-order valence-corrected chi connectivity index (χ2v) is 6.99. The molecule has 168 valence electrons. The molecule has 0 aliphatic heterocycles. The summed E-state index contributed by atoms with van der Waals surface area (Å²) in [6.07, 6.45) is 1.39. The first-order chi connectivity index (χ1) is 16.0. The van der Waals surface area contributed by atoms with Gasteiger partial charge < -0.3 is 15.4 Å². The highest BCUT2D eigenvalue weighted by molar-refractivity contribution is 6.40. The van der Waals surface area contributed by atoms with Gasteiger partial charge in [-0.15, -0.1) is 0 Å². The van der Waals surface area contributed by atoms with Crippen molar-refractivity contribution in [2.75, 3.05) is 17.2 Å². The highest BCUT2D eigenvalue weighted by Crippen LogP contribution is 2.18. The number of hydrogen-bond donors (Lipinski definition) is 3. The van der Waals surface area contributed by atoms with E-state index in [1.807, 2.05) is 32.0 Å². The topological polar surface area (TPSA) is 109 Å². The molecule has 0 heterocycles. The number of para-hydroxylation sites is 2. The van der Waals surface area contributed by atoms with Gasteiger partial charge in [-0.05, 0) is 50.2 Å². The van der Waals surface area contributed by atoms with E-state index in [0.29, 0.717) is 23.6 Å². The third kappa shape index (κ3) is 6.51. The smallest absolute Gasteiger partial charge is 0.329 e. The van der Waals surface area contributed by atoms with Crippen LogP contribution in [0.5, 0.6) is 5.75 Å². The lowest BCUT2D eigenvalue weighted by Gasteiger charge is -2.11. The second kappa shape index (κ2) is 11.2. The van der Waals surface area contributed by atoms with Crippen molar-refractivity contribution in [3.05, 3.63) is 89.5 Å². The minimum absolute atomic E-state index is 0.202. The molecular weight excluding hydrogens is 420 g/mol. The molecule has 0 atom stereocenters. The van der Waals surface area contributed by atoms with Gasteiger partial charge in [0.1, 0.15) is 5.75 Å². The van der Waals surface area contributed by atoms with E-state index < -0.39 is 17.7 Å². The van der Waals surface area contributed by atoms with Crippen LogP contribution >= 0.6 is 0 Å². The zero-order valence-electron chi connectivity index (χ0n) is 18.3. The summed E-state index contributed by atoms with van der Waals surface area (Å²) in [6.45, 7) is 4.29. The summed E-state index contributed by atoms with van der Waals surface area (Å²) < 4.78 is 5.48. The lowest BCUT2D eigenvalue weighted by molar-refractivity contribution is -0.136. The summed E-state index contributed by atoms with van der Waals surface area (Å²) in [4.78, 5) is 37.2. The summed E-state index contributed by atoms with van der Waals surface area (Å²) in [7, 11) is 0. The fraction of sp³-hybridized carbons (Fsp3) is 0.120. The highest BCUT2D eigenvalue weighted by Gasteiger charge is 2.17. The van der Waals surface area contributed by atoms with Gasteiger partial charge in [0.2, 0.25) is 0 Å². The summed E-state index contributed by atoms with van der Waals surface area (Å²) in [6, 6.07) is 20.9. The standard InChI is InChI=1S/C25H24N4O4/c1-3-33-22-11-7-4-8-18(22)16-26-29-25(32)24(31)28-21-10-6-5-9-20(21)23(30)27-19-14-12-17(2)13-15-19/h4-16H,3H2,1-2H3,(H,27,30)(H,28,31)(H,29,32)/b26-16-. The quantitative estimate of drug-likeness (QED) is 0.293. The maximum Gasteiger partial charge on any atom is 0.329 e. The highest BCUT2D eigenvalue weighted by atomic mass is 16.5. The number of amides is 3. The van der Waals surface area contributed by atoms with E-state index in [9.17, 15) is 14.4 Å². The van der Waals surface area contributed by atoms with Gasteiger partial charge in [-0.25, -0.2) is 5.43 Å². The zero-order valence-corrected chi connectivity index (χ0v) is 18.3. The lowest BCUT2D eigenvalue weighted by atomic mass is 10.1. The molecule has 0 bridgehead atoms. The molecule has 3 amide bonds. The largest absolute Gasteiger partial charge is 0.493 e. The van der Waals surface area contributed by atoms with Gasteiger partial charge in [-0.1, -0.05) is 42.0 Å². The van der Waals surface area contributed by atoms with E-state index >= 15 is 0 Å². The number of rotatable bonds is 7. The summed E-state index contributed by atoms with van der Waals surface area (Å²) in [5.41, 5.74) is 4.93. The first-order valence-electron chi connectivity index (χ1n) is 10.3. The minimum Gasteiger partial charge on any atom is -0.493 e. The Morgan fingerprint density at radius 3 is 2.33 bits per heavy atom. The maximum atomic E-state index is 12.7. The van der Waals surface area contributed by atoms with E-state index in [2.05, 4.69) is 21.2 Å². The SMILES string of the molecule is CCOc1ccccc1/C=N\NC(=O)C(=O)Nc1ccccc1C(=O)Nc1ccc(C)cc1. The van der Waals surface area contributed by atoms with Crippen molar-refractivity contribution in [1.29, 1.82) is 0 Å². The van der Waals surface area contributed by atoms with Crippen LogP contribution < -0.4 is 20.8 Å². The van der Waals surface area contributed by atoms with Crippen LogP contribution in [0.15, 0.2) is 77.9 Å². The first-order valence-corrected chi connectivity index (χ1v) is 10.3. The normalized spacial score (nSPS) is 10.5. The van der Waals surface area contributed by atoms with Crippen molar-refractivity contribution >= 4 is 35.3 Å². The summed E-state index contributed by atoms with van der Waals surface area (Å²) in [5, 5.41) is 9.05. The van der Waals surface area contributed by atoms with E-state index in [1.165, 1.54) is 12.3 Å². The molecule has 3 aromatic rings. The third-order valence-corrected chi connectivity index (χ3v) is 4.52. The van der Waals surface area contributed by atoms with Crippen LogP contribution in [0.2, 0.25) is 0 Å². The Morgan fingerprint density at radius 2 is 1.58 bits per heavy atom. The molecule has 0 unspecified atom stereocenters. The van der Waals surface area contributed by atoms with Crippen LogP contribution in [0.3, 0.4) is 0 Å². The van der Waals surface area contributed by atoms with E-state index in [0.717, 1.165) is 5.56 Å². The fourth-order valence-electron chi connectivity index (χ4n) is 2.89. The van der Waals surface area contributed by atoms with Crippen LogP contribution in [0.1, 0.15) is 28.4 Å². The van der Waals surface area contributed by atoms with Crippen LogP contribution in [0.4, 0.5) is 11.4 Å². The Hall–Kier alpha value is -4.46. The number of nitrogens with zero attached hydrogens (tertiary/aromatic N) is 1. The Labute approximate surface area is 191 Å². The van der Waals surface area contributed by atoms with Crippen molar-refractivity contribution in [3.8, 4) is 5.75 Å². The van der Waals surface area contributed by atoms with Crippen LogP contribution in [0.25, 0.3) is 0 Å². The monoisotopic (exact) mass is 444 g/mol. The molecule has 8 heteroatoms. The molecule has 8 nitrogen and oxygen atoms in total. The van der Waals surface area contributed by atoms with Gasteiger partial charge in [0.25, 0.3) is 5.91 Å². The Kier molecular flexibility index (Phi) is 7.91. The van der Waals surface area contributed by atoms with Gasteiger partial charge in [0, 0.05) is 11.3 Å². The summed E-state index contributed by atoms with van der Waals surface area (Å²) >= 11 is 0. The molecule has 0 aliphatic rings. The predicted octanol–water partition coefficient (Wildman–Crippen LogP) is 3.73. The number of hydrazone groups is 1. The van der Waals surface area contributed by atoms with Crippen molar-refractivity contribution < 1.29 is 19.1 Å². The number of benzene rings is 3. The minimum atomic E-state index is -0.978. The zero-order chi connectivity index (χ0) is 23.6. The maximum absolute atomic E-state index is 12.7. The molecule has 3 aromatic carbocycles. The van der Waals surface area contributed by atoms with Crippen molar-refractivity contribution in [3.63, 3.8) is 0 Å². The third-order valence-electron chi connectivity index (χ3n) is 4.52. The van der Waals surface area contributed by atoms with Gasteiger partial charge in [-0.2, -0.15) is 5.10 Å². The van der Waals surface area contributed by atoms with Crippen LogP contribution in [-0.4, -0.2) is 30.5 Å². The van der Waals surface area contributed by atoms with E-state index in [4.69, 9.17) is 4.74 Å². The molecular formula is C25H24N4O4. The number of anilines is 2. The average molecular weight is 444 g/mol. The molecule has 0 spiro atoms. The molecule has 0 saturated carbocycles. The van der Waals surface area contributed by atoms with Gasteiger partial charge >= 0.3 is 11.8 Å². The average Bonchev–Trinajstić information content (AvgIpc) is 2.82. The fourth-order valence-corrected chi connectivity index (χ4v) is 2.89. The van der Waals surface area contributed by atoms with E-state index in [1.54, 1.807) is 48.5 Å². The number of aryl methyl sites for hydroxylation is 1. The molecule has 0 fully saturated rings. The summed E-state index contributed by atoms with van der Waals surface area (Å²) in [5.74, 6) is -1.74. The number of carbonyl (C=O) groups excluding carboxylic acids is 3. The molecule has 0 radical (unpaired) electrons. The first kappa shape index (κ1) is 23.2. The number of nitrogens with one attached hydrogen (secondary N) is 3. The molecule has 3 rings (SSSR count). The van der Waals surface area contributed by atoms with Crippen molar-refractivity contribution in [2.45, 2.75) is 13.8 Å². The molecule has 0 aromatic heterocycles. The molecule has 0 aliphatic carbocycles. The molecule has 33 heavy (non-hydrogen) atoms.